The van der Waals surface area contributed by atoms with Crippen LogP contribution in [0.5, 0.6) is 0 Å². The first-order valence-electron chi connectivity index (χ1n) is 6.12. The Balaban J connectivity index is 2.29. The molecule has 0 radical (unpaired) electrons. The molecule has 1 unspecified atom stereocenters. The molecule has 0 aromatic carbocycles. The van der Waals surface area contributed by atoms with Crippen LogP contribution in [0.2, 0.25) is 0 Å². The zero-order valence-corrected chi connectivity index (χ0v) is 10.6. The smallest absolute Gasteiger partial charge is 0.250 e. The Morgan fingerprint density at radius 2 is 2.33 bits per heavy atom. The van der Waals surface area contributed by atoms with Gasteiger partial charge in [0.05, 0.1) is 6.42 Å². The van der Waals surface area contributed by atoms with Crippen molar-refractivity contribution in [1.29, 1.82) is 0 Å². The van der Waals surface area contributed by atoms with Crippen molar-refractivity contribution in [2.45, 2.75) is 32.2 Å². The number of fused-ring (bicyclic) bond motifs is 1. The van der Waals surface area contributed by atoms with E-state index in [2.05, 4.69) is 10.3 Å². The van der Waals surface area contributed by atoms with Gasteiger partial charge >= 0.3 is 0 Å². The number of nitrogens with zero attached hydrogens (tertiary/aromatic N) is 2. The average molecular weight is 247 g/mol. The Labute approximate surface area is 106 Å². The van der Waals surface area contributed by atoms with Crippen LogP contribution in [0.3, 0.4) is 0 Å². The molecule has 0 spiro atoms. The molecule has 1 N–H and O–H groups in total. The summed E-state index contributed by atoms with van der Waals surface area (Å²) in [6.45, 7) is 4.38. The lowest BCUT2D eigenvalue weighted by molar-refractivity contribution is -0.134. The molecular weight excluding hydrogens is 230 g/mol. The second-order valence-corrected chi connectivity index (χ2v) is 4.64. The second-order valence-electron chi connectivity index (χ2n) is 4.64. The summed E-state index contributed by atoms with van der Waals surface area (Å²) in [5, 5.41) is 2.85. The molecule has 0 saturated heterocycles. The molecule has 0 fully saturated rings. The minimum absolute atomic E-state index is 0.101. The fourth-order valence-electron chi connectivity index (χ4n) is 2.11. The monoisotopic (exact) mass is 247 g/mol. The molecule has 2 aliphatic rings. The highest BCUT2D eigenvalue weighted by Crippen LogP contribution is 2.27. The number of amides is 2. The first-order chi connectivity index (χ1) is 8.58. The molecule has 5 nitrogen and oxygen atoms in total. The normalized spacial score (nSPS) is 25.8. The van der Waals surface area contributed by atoms with Crippen LogP contribution in [0.1, 0.15) is 26.7 Å². The summed E-state index contributed by atoms with van der Waals surface area (Å²) in [4.78, 5) is 29.6. The van der Waals surface area contributed by atoms with Gasteiger partial charge < -0.3 is 10.2 Å². The number of hydrogen-bond donors (Lipinski definition) is 1. The van der Waals surface area contributed by atoms with E-state index >= 15 is 0 Å². The summed E-state index contributed by atoms with van der Waals surface area (Å²) in [6, 6.07) is 0. The van der Waals surface area contributed by atoms with Crippen molar-refractivity contribution in [3.05, 3.63) is 24.4 Å². The van der Waals surface area contributed by atoms with Crippen LogP contribution in [0.25, 0.3) is 0 Å². The molecule has 18 heavy (non-hydrogen) atoms. The molecule has 0 saturated carbocycles. The highest BCUT2D eigenvalue weighted by atomic mass is 16.2. The maximum Gasteiger partial charge on any atom is 0.250 e. The fourth-order valence-corrected chi connectivity index (χ4v) is 2.11. The van der Waals surface area contributed by atoms with Gasteiger partial charge in [-0.25, -0.2) is 0 Å². The standard InChI is InChI=1S/C13H17N3O2/c1-3-7-14-12(18)13(2)9-11(17)15-10-6-4-5-8-16(10)13/h4-6,8H,3,7,9H2,1-2H3,(H,14,18). The summed E-state index contributed by atoms with van der Waals surface area (Å²) in [5.74, 6) is 0.142. The van der Waals surface area contributed by atoms with Crippen LogP contribution in [-0.2, 0) is 9.59 Å². The quantitative estimate of drug-likeness (QED) is 0.809. The topological polar surface area (TPSA) is 61.8 Å². The number of amidine groups is 1. The van der Waals surface area contributed by atoms with Crippen molar-refractivity contribution in [3.63, 3.8) is 0 Å². The third kappa shape index (κ3) is 2.08. The summed E-state index contributed by atoms with van der Waals surface area (Å²) < 4.78 is 0. The Bertz CT molecular complexity index is 465. The van der Waals surface area contributed by atoms with Crippen LogP contribution < -0.4 is 5.32 Å². The summed E-state index contributed by atoms with van der Waals surface area (Å²) >= 11 is 0. The predicted octanol–water partition coefficient (Wildman–Crippen LogP) is 0.986. The van der Waals surface area contributed by atoms with Crippen LogP contribution in [0.4, 0.5) is 0 Å². The summed E-state index contributed by atoms with van der Waals surface area (Å²) in [6.07, 6.45) is 8.13. The Morgan fingerprint density at radius 1 is 1.56 bits per heavy atom. The number of aliphatic imine (C=N–C) groups is 1. The SMILES string of the molecule is CCCNC(=O)C1(C)CC(=O)N=C2C=CC=CN21. The van der Waals surface area contributed by atoms with Gasteiger partial charge in [0.1, 0.15) is 11.4 Å². The van der Waals surface area contributed by atoms with Gasteiger partial charge in [-0.1, -0.05) is 13.0 Å². The molecule has 0 aliphatic carbocycles. The molecule has 0 bridgehead atoms. The lowest BCUT2D eigenvalue weighted by Gasteiger charge is -2.41. The molecule has 2 amide bonds. The number of hydrogen-bond acceptors (Lipinski definition) is 3. The Morgan fingerprint density at radius 3 is 3.06 bits per heavy atom. The van der Waals surface area contributed by atoms with Crippen molar-refractivity contribution in [2.24, 2.45) is 4.99 Å². The van der Waals surface area contributed by atoms with E-state index in [9.17, 15) is 9.59 Å². The van der Waals surface area contributed by atoms with Gasteiger partial charge in [0.15, 0.2) is 0 Å². The lowest BCUT2D eigenvalue weighted by Crippen LogP contribution is -2.60. The van der Waals surface area contributed by atoms with Gasteiger partial charge in [-0.05, 0) is 25.5 Å². The highest BCUT2D eigenvalue weighted by molar-refractivity contribution is 6.09. The minimum atomic E-state index is -0.884. The third-order valence-electron chi connectivity index (χ3n) is 3.13. The average Bonchev–Trinajstić information content (AvgIpc) is 2.35. The van der Waals surface area contributed by atoms with Gasteiger partial charge in [-0.2, -0.15) is 4.99 Å². The number of allylic oxidation sites excluding steroid dienone is 2. The number of rotatable bonds is 3. The molecule has 2 rings (SSSR count). The zero-order valence-electron chi connectivity index (χ0n) is 10.6. The van der Waals surface area contributed by atoms with Crippen LogP contribution >= 0.6 is 0 Å². The molecular formula is C13H17N3O2. The van der Waals surface area contributed by atoms with E-state index in [1.165, 1.54) is 0 Å². The fraction of sp³-hybridized carbons (Fsp3) is 0.462. The van der Waals surface area contributed by atoms with Crippen LogP contribution in [0.15, 0.2) is 29.4 Å². The van der Waals surface area contributed by atoms with Crippen LogP contribution in [0, 0.1) is 0 Å². The van der Waals surface area contributed by atoms with E-state index in [-0.39, 0.29) is 18.2 Å². The first kappa shape index (κ1) is 12.5. The van der Waals surface area contributed by atoms with Crippen molar-refractivity contribution in [2.75, 3.05) is 6.54 Å². The number of carbonyl (C=O) groups excluding carboxylic acids is 2. The minimum Gasteiger partial charge on any atom is -0.354 e. The van der Waals surface area contributed by atoms with E-state index in [1.54, 1.807) is 30.2 Å². The van der Waals surface area contributed by atoms with Gasteiger partial charge in [0.25, 0.3) is 5.91 Å². The van der Waals surface area contributed by atoms with Crippen molar-refractivity contribution < 1.29 is 9.59 Å². The van der Waals surface area contributed by atoms with Gasteiger partial charge in [-0.15, -0.1) is 0 Å². The van der Waals surface area contributed by atoms with E-state index < -0.39 is 5.54 Å². The lowest BCUT2D eigenvalue weighted by atomic mass is 9.91. The number of nitrogens with one attached hydrogen (secondary N) is 1. The zero-order chi connectivity index (χ0) is 13.2. The molecule has 2 aliphatic heterocycles. The van der Waals surface area contributed by atoms with Crippen molar-refractivity contribution in [1.82, 2.24) is 10.2 Å². The van der Waals surface area contributed by atoms with Crippen LogP contribution in [-0.4, -0.2) is 34.6 Å². The first-order valence-corrected chi connectivity index (χ1v) is 6.12. The summed E-state index contributed by atoms with van der Waals surface area (Å²) in [7, 11) is 0. The molecule has 96 valence electrons. The van der Waals surface area contributed by atoms with E-state index in [4.69, 9.17) is 0 Å². The van der Waals surface area contributed by atoms with Crippen molar-refractivity contribution in [3.8, 4) is 0 Å². The van der Waals surface area contributed by atoms with Gasteiger partial charge in [0, 0.05) is 12.7 Å². The van der Waals surface area contributed by atoms with E-state index in [0.717, 1.165) is 6.42 Å². The second kappa shape index (κ2) is 4.76. The Hall–Kier alpha value is -1.91. The largest absolute Gasteiger partial charge is 0.354 e. The Kier molecular flexibility index (Phi) is 3.32. The summed E-state index contributed by atoms with van der Waals surface area (Å²) in [5.41, 5.74) is -0.884. The van der Waals surface area contributed by atoms with Crippen molar-refractivity contribution >= 4 is 17.6 Å². The molecule has 5 heteroatoms. The number of carbonyl (C=O) groups is 2. The van der Waals surface area contributed by atoms with E-state index in [0.29, 0.717) is 12.4 Å². The predicted molar refractivity (Wildman–Crippen MR) is 68.9 cm³/mol. The third-order valence-corrected chi connectivity index (χ3v) is 3.13. The molecule has 2 heterocycles. The maximum absolute atomic E-state index is 12.3. The molecule has 1 atom stereocenters. The highest BCUT2D eigenvalue weighted by Gasteiger charge is 2.44. The van der Waals surface area contributed by atoms with Gasteiger partial charge in [0.2, 0.25) is 5.91 Å². The molecule has 0 aromatic rings. The molecule has 0 aromatic heterocycles. The van der Waals surface area contributed by atoms with Gasteiger partial charge in [-0.3, -0.25) is 9.59 Å². The maximum atomic E-state index is 12.3. The van der Waals surface area contributed by atoms with E-state index in [1.807, 2.05) is 13.0 Å².